The van der Waals surface area contributed by atoms with Crippen LogP contribution in [0.4, 0.5) is 5.69 Å². The zero-order valence-electron chi connectivity index (χ0n) is 9.39. The second kappa shape index (κ2) is 5.07. The number of nitro groups is 1. The highest BCUT2D eigenvalue weighted by atomic mass is 16.6. The Morgan fingerprint density at radius 2 is 2.24 bits per heavy atom. The van der Waals surface area contributed by atoms with Gasteiger partial charge in [0.25, 0.3) is 0 Å². The van der Waals surface area contributed by atoms with E-state index in [1.807, 2.05) is 0 Å². The molecule has 0 aliphatic carbocycles. The predicted octanol–water partition coefficient (Wildman–Crippen LogP) is 1.95. The van der Waals surface area contributed by atoms with E-state index in [4.69, 9.17) is 10.00 Å². The average Bonchev–Trinajstić information content (AvgIpc) is 2.27. The fourth-order valence-electron chi connectivity index (χ4n) is 1.43. The van der Waals surface area contributed by atoms with E-state index in [9.17, 15) is 14.9 Å². The minimum atomic E-state index is -0.792. The predicted molar refractivity (Wildman–Crippen MR) is 58.5 cm³/mol. The molecule has 0 aliphatic heterocycles. The smallest absolute Gasteiger partial charge is 0.345 e. The average molecular weight is 234 g/mol. The lowest BCUT2D eigenvalue weighted by Gasteiger charge is -2.05. The van der Waals surface area contributed by atoms with E-state index in [0.29, 0.717) is 5.56 Å². The summed E-state index contributed by atoms with van der Waals surface area (Å²) in [6.45, 7) is 3.36. The zero-order valence-corrected chi connectivity index (χ0v) is 9.39. The van der Waals surface area contributed by atoms with Gasteiger partial charge in [0.15, 0.2) is 0 Å². The maximum atomic E-state index is 11.6. The summed E-state index contributed by atoms with van der Waals surface area (Å²) < 4.78 is 4.72. The molecule has 1 aromatic rings. The molecule has 0 fully saturated rings. The van der Waals surface area contributed by atoms with E-state index in [2.05, 4.69) is 0 Å². The normalized spacial score (nSPS) is 9.47. The minimum Gasteiger partial charge on any atom is -0.462 e. The van der Waals surface area contributed by atoms with Crippen LogP contribution in [0.1, 0.15) is 28.4 Å². The van der Waals surface area contributed by atoms with Crippen molar-refractivity contribution in [2.45, 2.75) is 13.8 Å². The molecule has 1 rings (SSSR count). The first-order valence-corrected chi connectivity index (χ1v) is 4.87. The standard InChI is InChI=1S/C11H10N2O4/c1-3-17-11(14)9-5-7(2)4-8(6-12)10(9)13(15)16/h4-5H,3H2,1-2H3. The van der Waals surface area contributed by atoms with E-state index >= 15 is 0 Å². The second-order valence-electron chi connectivity index (χ2n) is 3.30. The topological polar surface area (TPSA) is 93.2 Å². The Kier molecular flexibility index (Phi) is 3.78. The minimum absolute atomic E-state index is 0.117. The summed E-state index contributed by atoms with van der Waals surface area (Å²) in [7, 11) is 0. The van der Waals surface area contributed by atoms with Crippen LogP contribution < -0.4 is 0 Å². The van der Waals surface area contributed by atoms with Crippen molar-refractivity contribution in [3.05, 3.63) is 38.9 Å². The Balaban J connectivity index is 3.47. The largest absolute Gasteiger partial charge is 0.462 e. The van der Waals surface area contributed by atoms with Gasteiger partial charge in [0, 0.05) is 0 Å². The van der Waals surface area contributed by atoms with Crippen molar-refractivity contribution in [3.63, 3.8) is 0 Å². The highest BCUT2D eigenvalue weighted by molar-refractivity contribution is 5.95. The van der Waals surface area contributed by atoms with Gasteiger partial charge in [-0.05, 0) is 31.5 Å². The molecule has 1 aromatic carbocycles. The van der Waals surface area contributed by atoms with Crippen LogP contribution in [0.5, 0.6) is 0 Å². The van der Waals surface area contributed by atoms with E-state index in [1.54, 1.807) is 19.9 Å². The fraction of sp³-hybridized carbons (Fsp3) is 0.273. The van der Waals surface area contributed by atoms with Crippen molar-refractivity contribution in [1.82, 2.24) is 0 Å². The molecule has 6 heteroatoms. The maximum Gasteiger partial charge on any atom is 0.345 e. The molecule has 0 bridgehead atoms. The van der Waals surface area contributed by atoms with Gasteiger partial charge in [0.2, 0.25) is 0 Å². The van der Waals surface area contributed by atoms with E-state index in [1.165, 1.54) is 12.1 Å². The molecule has 17 heavy (non-hydrogen) atoms. The quantitative estimate of drug-likeness (QED) is 0.452. The molecule has 0 atom stereocenters. The van der Waals surface area contributed by atoms with Crippen LogP contribution >= 0.6 is 0 Å². The molecule has 0 aliphatic rings. The lowest BCUT2D eigenvalue weighted by atomic mass is 10.0. The van der Waals surface area contributed by atoms with Crippen molar-refractivity contribution < 1.29 is 14.5 Å². The number of nitro benzene ring substituents is 1. The summed E-state index contributed by atoms with van der Waals surface area (Å²) in [5.74, 6) is -0.792. The van der Waals surface area contributed by atoms with Crippen LogP contribution in [0.25, 0.3) is 0 Å². The van der Waals surface area contributed by atoms with Crippen molar-refractivity contribution in [1.29, 1.82) is 5.26 Å². The van der Waals surface area contributed by atoms with Crippen LogP contribution in [0.2, 0.25) is 0 Å². The summed E-state index contributed by atoms with van der Waals surface area (Å²) >= 11 is 0. The van der Waals surface area contributed by atoms with Crippen LogP contribution in [-0.2, 0) is 4.74 Å². The number of ether oxygens (including phenoxy) is 1. The molecule has 0 radical (unpaired) electrons. The van der Waals surface area contributed by atoms with Gasteiger partial charge >= 0.3 is 11.7 Å². The SMILES string of the molecule is CCOC(=O)c1cc(C)cc(C#N)c1[N+](=O)[O-]. The third-order valence-electron chi connectivity index (χ3n) is 2.05. The van der Waals surface area contributed by atoms with Crippen molar-refractivity contribution >= 4 is 11.7 Å². The first kappa shape index (κ1) is 12.6. The Morgan fingerprint density at radius 1 is 1.59 bits per heavy atom. The van der Waals surface area contributed by atoms with Crippen molar-refractivity contribution in [2.75, 3.05) is 6.61 Å². The van der Waals surface area contributed by atoms with Gasteiger partial charge in [-0.1, -0.05) is 0 Å². The third-order valence-corrected chi connectivity index (χ3v) is 2.05. The molecule has 88 valence electrons. The second-order valence-corrected chi connectivity index (χ2v) is 3.30. The Labute approximate surface area is 97.6 Å². The van der Waals surface area contributed by atoms with Gasteiger partial charge in [0.1, 0.15) is 17.2 Å². The third kappa shape index (κ3) is 2.58. The van der Waals surface area contributed by atoms with Gasteiger partial charge in [-0.2, -0.15) is 5.26 Å². The van der Waals surface area contributed by atoms with Gasteiger partial charge in [-0.15, -0.1) is 0 Å². The molecule has 0 saturated carbocycles. The van der Waals surface area contributed by atoms with Crippen LogP contribution in [-0.4, -0.2) is 17.5 Å². The zero-order chi connectivity index (χ0) is 13.0. The lowest BCUT2D eigenvalue weighted by molar-refractivity contribution is -0.385. The van der Waals surface area contributed by atoms with Crippen molar-refractivity contribution in [2.24, 2.45) is 0 Å². The molecule has 0 N–H and O–H groups in total. The highest BCUT2D eigenvalue weighted by Crippen LogP contribution is 2.25. The summed E-state index contributed by atoms with van der Waals surface area (Å²) in [5.41, 5.74) is -0.238. The number of nitriles is 1. The molecule has 0 saturated heterocycles. The Morgan fingerprint density at radius 3 is 2.71 bits per heavy atom. The van der Waals surface area contributed by atoms with Crippen molar-refractivity contribution in [3.8, 4) is 6.07 Å². The number of rotatable bonds is 3. The fourth-order valence-corrected chi connectivity index (χ4v) is 1.43. The number of carbonyl (C=O) groups excluding carboxylic acids is 1. The van der Waals surface area contributed by atoms with E-state index < -0.39 is 16.6 Å². The van der Waals surface area contributed by atoms with Gasteiger partial charge in [-0.25, -0.2) is 4.79 Å². The molecule has 0 amide bonds. The molecule has 0 spiro atoms. The molecule has 0 heterocycles. The maximum absolute atomic E-state index is 11.6. The van der Waals surface area contributed by atoms with Gasteiger partial charge in [0.05, 0.1) is 11.5 Å². The number of carbonyl (C=O) groups is 1. The highest BCUT2D eigenvalue weighted by Gasteiger charge is 2.26. The molecule has 0 aromatic heterocycles. The van der Waals surface area contributed by atoms with Gasteiger partial charge in [-0.3, -0.25) is 10.1 Å². The summed E-state index contributed by atoms with van der Waals surface area (Å²) in [6, 6.07) is 4.41. The molecule has 0 unspecified atom stereocenters. The number of hydrogen-bond donors (Lipinski definition) is 0. The van der Waals surface area contributed by atoms with Crippen LogP contribution in [0, 0.1) is 28.4 Å². The molecular weight excluding hydrogens is 224 g/mol. The van der Waals surface area contributed by atoms with E-state index in [-0.39, 0.29) is 17.7 Å². The van der Waals surface area contributed by atoms with E-state index in [0.717, 1.165) is 0 Å². The number of hydrogen-bond acceptors (Lipinski definition) is 5. The lowest BCUT2D eigenvalue weighted by Crippen LogP contribution is -2.09. The first-order chi connectivity index (χ1) is 8.01. The summed E-state index contributed by atoms with van der Waals surface area (Å²) in [5, 5.41) is 19.7. The number of benzene rings is 1. The van der Waals surface area contributed by atoms with Crippen LogP contribution in [0.3, 0.4) is 0 Å². The number of aryl methyl sites for hydroxylation is 1. The summed E-state index contributed by atoms with van der Waals surface area (Å²) in [4.78, 5) is 21.7. The molecular formula is C11H10N2O4. The van der Waals surface area contributed by atoms with Crippen LogP contribution in [0.15, 0.2) is 12.1 Å². The number of esters is 1. The molecule has 6 nitrogen and oxygen atoms in total. The number of nitrogens with zero attached hydrogens (tertiary/aromatic N) is 2. The van der Waals surface area contributed by atoms with Gasteiger partial charge < -0.3 is 4.74 Å². The Bertz CT molecular complexity index is 517. The Hall–Kier alpha value is -2.42. The monoisotopic (exact) mass is 234 g/mol. The first-order valence-electron chi connectivity index (χ1n) is 4.87. The summed E-state index contributed by atoms with van der Waals surface area (Å²) in [6.07, 6.45) is 0.